The average Bonchev–Trinajstić information content (AvgIpc) is 2.50. The van der Waals surface area contributed by atoms with Crippen LogP contribution < -0.4 is 0 Å². The fraction of sp³-hybridized carbons (Fsp3) is 0.500. The Morgan fingerprint density at radius 3 is 2.41 bits per heavy atom. The number of carbonyl (C=O) groups is 1. The molecule has 0 bridgehead atoms. The van der Waals surface area contributed by atoms with Crippen molar-refractivity contribution in [3.63, 3.8) is 0 Å². The Kier molecular flexibility index (Phi) is 3.29. The Bertz CT molecular complexity index is 589. The van der Waals surface area contributed by atoms with E-state index in [-0.39, 0.29) is 0 Å². The zero-order valence-corrected chi connectivity index (χ0v) is 10.9. The molecule has 2 nitrogen and oxygen atoms in total. The maximum absolute atomic E-state index is 12.4. The second kappa shape index (κ2) is 8.18. The summed E-state index contributed by atoms with van der Waals surface area (Å²) in [6.07, 6.45) is 1.45. The van der Waals surface area contributed by atoms with Gasteiger partial charge in [0.25, 0.3) is 5.24 Å². The maximum atomic E-state index is 12.4. The van der Waals surface area contributed by atoms with Gasteiger partial charge in [-0.1, -0.05) is 55.8 Å². The number of thioether (sulfide) groups is 1. The van der Waals surface area contributed by atoms with Crippen LogP contribution in [-0.2, 0) is 5.70 Å². The van der Waals surface area contributed by atoms with Crippen LogP contribution >= 0.6 is 11.8 Å². The van der Waals surface area contributed by atoms with E-state index in [0.717, 1.165) is 12.8 Å². The van der Waals surface area contributed by atoms with Crippen LogP contribution in [0.4, 0.5) is 4.79 Å². The van der Waals surface area contributed by atoms with Gasteiger partial charge in [0.1, 0.15) is 0 Å². The Hall–Kier alpha value is -0.960. The van der Waals surface area contributed by atoms with Crippen molar-refractivity contribution in [2.75, 3.05) is 13.1 Å². The lowest BCUT2D eigenvalue weighted by Crippen LogP contribution is -2.29. The van der Waals surface area contributed by atoms with Gasteiger partial charge in [0.15, 0.2) is 0 Å². The zero-order chi connectivity index (χ0) is 18.7. The molecule has 1 aromatic carbocycles. The molecule has 1 rings (SSSR count). The number of rotatable bonds is 6. The third-order valence-electron chi connectivity index (χ3n) is 1.99. The first-order valence-electron chi connectivity index (χ1n) is 9.13. The number of nitrogens with zero attached hydrogens (tertiary/aromatic N) is 1. The lowest BCUT2D eigenvalue weighted by Gasteiger charge is -2.20. The van der Waals surface area contributed by atoms with Gasteiger partial charge in [-0.25, -0.2) is 0 Å². The number of hydrogen-bond acceptors (Lipinski definition) is 2. The molecule has 0 heterocycles. The van der Waals surface area contributed by atoms with Crippen molar-refractivity contribution in [3.05, 3.63) is 35.8 Å². The fourth-order valence-corrected chi connectivity index (χ4v) is 1.90. The molecule has 0 saturated heterocycles. The molecule has 0 aromatic heterocycles. The van der Waals surface area contributed by atoms with E-state index >= 15 is 0 Å². The Morgan fingerprint density at radius 1 is 1.29 bits per heavy atom. The van der Waals surface area contributed by atoms with Gasteiger partial charge in [-0.3, -0.25) is 4.79 Å². The Labute approximate surface area is 118 Å². The molecule has 0 aliphatic rings. The van der Waals surface area contributed by atoms with Gasteiger partial charge in [0, 0.05) is 21.5 Å². The lowest BCUT2D eigenvalue weighted by molar-refractivity contribution is 0.223. The van der Waals surface area contributed by atoms with Crippen molar-refractivity contribution in [3.8, 4) is 0 Å². The normalized spacial score (nSPS) is 16.9. The predicted molar refractivity (Wildman–Crippen MR) is 75.3 cm³/mol. The van der Waals surface area contributed by atoms with Crippen LogP contribution in [-0.4, -0.2) is 23.2 Å². The highest BCUT2D eigenvalue weighted by Crippen LogP contribution is 2.16. The van der Waals surface area contributed by atoms with Crippen LogP contribution in [0.25, 0.3) is 0 Å². The van der Waals surface area contributed by atoms with Crippen molar-refractivity contribution in [2.45, 2.75) is 32.4 Å². The van der Waals surface area contributed by atoms with E-state index in [4.69, 9.17) is 9.60 Å². The molecule has 0 atom stereocenters. The molecular weight excluding hydrogens is 230 g/mol. The van der Waals surface area contributed by atoms with Crippen LogP contribution in [0, 0.1) is 0 Å². The lowest BCUT2D eigenvalue weighted by atomic mass is 10.2. The molecular formula is C14H21NOS. The first-order chi connectivity index (χ1) is 11.1. The van der Waals surface area contributed by atoms with E-state index < -0.39 is 46.7 Å². The number of amides is 1. The van der Waals surface area contributed by atoms with Gasteiger partial charge >= 0.3 is 0 Å². The molecule has 0 spiro atoms. The van der Waals surface area contributed by atoms with Crippen molar-refractivity contribution in [2.24, 2.45) is 0 Å². The molecule has 1 aromatic rings. The van der Waals surface area contributed by atoms with Gasteiger partial charge in [-0.2, -0.15) is 0 Å². The standard InChI is InChI=1S/C14H21NOS/c1-3-10-15(11-4-2)14(16)17-12-13-8-6-5-7-9-13/h5-9H,3-4,10-12H2,1-2H3/i5D,6D,7D,8D,9D,12D2. The fourth-order valence-electron chi connectivity index (χ4n) is 1.29. The molecule has 0 saturated carbocycles. The highest BCUT2D eigenvalue weighted by molar-refractivity contribution is 8.12. The number of benzene rings is 1. The molecule has 0 fully saturated rings. The monoisotopic (exact) mass is 258 g/mol. The minimum absolute atomic E-state index is 0.347. The summed E-state index contributed by atoms with van der Waals surface area (Å²) < 4.78 is 54.8. The summed E-state index contributed by atoms with van der Waals surface area (Å²) in [6.45, 7) is 4.78. The van der Waals surface area contributed by atoms with Crippen LogP contribution in [0.2, 0.25) is 0 Å². The Balaban J connectivity index is 3.23. The second-order valence-corrected chi connectivity index (χ2v) is 4.21. The quantitative estimate of drug-likeness (QED) is 0.763. The molecule has 0 aliphatic carbocycles. The minimum Gasteiger partial charge on any atom is -0.334 e. The van der Waals surface area contributed by atoms with Crippen molar-refractivity contribution in [1.29, 1.82) is 0 Å². The molecule has 1 amide bonds. The summed E-state index contributed by atoms with van der Waals surface area (Å²) in [7, 11) is 0. The van der Waals surface area contributed by atoms with Crippen molar-refractivity contribution in [1.82, 2.24) is 4.90 Å². The highest BCUT2D eigenvalue weighted by atomic mass is 32.2. The maximum Gasteiger partial charge on any atom is 0.281 e. The molecule has 0 aliphatic heterocycles. The van der Waals surface area contributed by atoms with Gasteiger partial charge in [0.2, 0.25) is 0 Å². The van der Waals surface area contributed by atoms with Gasteiger partial charge in [0.05, 0.1) is 6.85 Å². The molecule has 0 radical (unpaired) electrons. The topological polar surface area (TPSA) is 20.3 Å². The minimum atomic E-state index is -2.43. The van der Waals surface area contributed by atoms with Gasteiger partial charge in [-0.05, 0) is 18.4 Å². The van der Waals surface area contributed by atoms with Crippen molar-refractivity contribution < 1.29 is 14.4 Å². The third-order valence-corrected chi connectivity index (χ3v) is 2.72. The van der Waals surface area contributed by atoms with E-state index in [9.17, 15) is 4.79 Å². The highest BCUT2D eigenvalue weighted by Gasteiger charge is 2.11. The van der Waals surface area contributed by atoms with E-state index in [1.807, 2.05) is 13.8 Å². The van der Waals surface area contributed by atoms with Gasteiger partial charge < -0.3 is 4.90 Å². The van der Waals surface area contributed by atoms with E-state index in [1.54, 1.807) is 0 Å². The summed E-state index contributed by atoms with van der Waals surface area (Å²) >= 11 is 0.347. The summed E-state index contributed by atoms with van der Waals surface area (Å²) in [4.78, 5) is 13.9. The van der Waals surface area contributed by atoms with Crippen LogP contribution in [0.5, 0.6) is 0 Å². The Morgan fingerprint density at radius 2 is 1.88 bits per heavy atom. The molecule has 17 heavy (non-hydrogen) atoms. The van der Waals surface area contributed by atoms with E-state index in [1.165, 1.54) is 4.90 Å². The largest absolute Gasteiger partial charge is 0.334 e. The van der Waals surface area contributed by atoms with Gasteiger partial charge in [-0.15, -0.1) is 0 Å². The third kappa shape index (κ3) is 5.26. The molecule has 3 heteroatoms. The van der Waals surface area contributed by atoms with Crippen LogP contribution in [0.1, 0.15) is 41.8 Å². The number of hydrogen-bond donors (Lipinski definition) is 0. The molecule has 94 valence electrons. The van der Waals surface area contributed by atoms with Crippen molar-refractivity contribution >= 4 is 17.0 Å². The average molecular weight is 258 g/mol. The molecule has 0 N–H and O–H groups in total. The number of carbonyl (C=O) groups excluding carboxylic acids is 1. The molecule has 0 unspecified atom stereocenters. The second-order valence-electron chi connectivity index (χ2n) is 3.46. The first kappa shape index (κ1) is 6.83. The van der Waals surface area contributed by atoms with E-state index in [0.29, 0.717) is 24.9 Å². The first-order valence-corrected chi connectivity index (χ1v) is 6.45. The summed E-state index contributed by atoms with van der Waals surface area (Å²) in [5.74, 6) is 0. The zero-order valence-electron chi connectivity index (χ0n) is 17.1. The summed E-state index contributed by atoms with van der Waals surface area (Å²) in [6, 6.07) is -3.05. The van der Waals surface area contributed by atoms with Crippen LogP contribution in [0.3, 0.4) is 0 Å². The van der Waals surface area contributed by atoms with E-state index in [2.05, 4.69) is 0 Å². The smallest absolute Gasteiger partial charge is 0.281 e. The SMILES string of the molecule is [2H]c1c([2H])c([2H])c(C([2H])([2H])SC(=O)N(CCC)CCC)c([2H])c1[2H]. The van der Waals surface area contributed by atoms with Crippen LogP contribution in [0.15, 0.2) is 30.2 Å². The summed E-state index contributed by atoms with van der Waals surface area (Å²) in [5.41, 5.74) is -2.93. The summed E-state index contributed by atoms with van der Waals surface area (Å²) in [5, 5.41) is -0.504. The predicted octanol–water partition coefficient (Wildman–Crippen LogP) is 4.16.